The van der Waals surface area contributed by atoms with Crippen LogP contribution in [0.25, 0.3) is 11.3 Å². The molecule has 7 heteroatoms. The quantitative estimate of drug-likeness (QED) is 0.665. The average Bonchev–Trinajstić information content (AvgIpc) is 3.31. The van der Waals surface area contributed by atoms with Crippen molar-refractivity contribution < 1.29 is 14.3 Å². The second-order valence-corrected chi connectivity index (χ2v) is 8.34. The fraction of sp³-hybridized carbons (Fsp3) is 0.320. The fourth-order valence-corrected chi connectivity index (χ4v) is 4.24. The van der Waals surface area contributed by atoms with Gasteiger partial charge in [-0.2, -0.15) is 0 Å². The SMILES string of the molecule is Cc1cccc(-c2ccc(N3CCC[C@H](C(=O)NCc4ccc5c(c4)OCO5)C3)nn2)c1. The molecule has 3 aromatic rings. The number of hydrogen-bond acceptors (Lipinski definition) is 6. The van der Waals surface area contributed by atoms with Gasteiger partial charge in [0.15, 0.2) is 17.3 Å². The summed E-state index contributed by atoms with van der Waals surface area (Å²) in [7, 11) is 0. The number of nitrogens with zero attached hydrogens (tertiary/aromatic N) is 3. The third-order valence-corrected chi connectivity index (χ3v) is 5.98. The number of amides is 1. The van der Waals surface area contributed by atoms with Gasteiger partial charge in [-0.15, -0.1) is 10.2 Å². The molecule has 5 rings (SSSR count). The van der Waals surface area contributed by atoms with E-state index in [0.29, 0.717) is 13.1 Å². The third-order valence-electron chi connectivity index (χ3n) is 5.98. The maximum Gasteiger partial charge on any atom is 0.231 e. The van der Waals surface area contributed by atoms with Crippen LogP contribution >= 0.6 is 0 Å². The van der Waals surface area contributed by atoms with E-state index in [0.717, 1.165) is 53.5 Å². The van der Waals surface area contributed by atoms with Gasteiger partial charge in [0.1, 0.15) is 0 Å². The lowest BCUT2D eigenvalue weighted by Gasteiger charge is -2.32. The molecule has 1 N–H and O–H groups in total. The minimum absolute atomic E-state index is 0.0664. The number of aryl methyl sites for hydroxylation is 1. The number of anilines is 1. The van der Waals surface area contributed by atoms with Crippen LogP contribution in [-0.4, -0.2) is 36.0 Å². The Labute approximate surface area is 187 Å². The van der Waals surface area contributed by atoms with Crippen LogP contribution in [0, 0.1) is 12.8 Å². The van der Waals surface area contributed by atoms with Gasteiger partial charge in [-0.05, 0) is 55.7 Å². The minimum Gasteiger partial charge on any atom is -0.454 e. The molecular weight excluding hydrogens is 404 g/mol. The molecule has 2 aromatic carbocycles. The van der Waals surface area contributed by atoms with Crippen molar-refractivity contribution >= 4 is 11.7 Å². The summed E-state index contributed by atoms with van der Waals surface area (Å²) in [5.41, 5.74) is 4.10. The number of rotatable bonds is 5. The Morgan fingerprint density at radius 2 is 2.00 bits per heavy atom. The smallest absolute Gasteiger partial charge is 0.231 e. The third kappa shape index (κ3) is 4.37. The van der Waals surface area contributed by atoms with Gasteiger partial charge in [0.05, 0.1) is 11.6 Å². The lowest BCUT2D eigenvalue weighted by atomic mass is 9.97. The predicted molar refractivity (Wildman–Crippen MR) is 122 cm³/mol. The zero-order valence-corrected chi connectivity index (χ0v) is 18.1. The molecule has 164 valence electrons. The molecule has 3 heterocycles. The van der Waals surface area contributed by atoms with Crippen molar-refractivity contribution in [1.29, 1.82) is 0 Å². The van der Waals surface area contributed by atoms with E-state index < -0.39 is 0 Å². The highest BCUT2D eigenvalue weighted by molar-refractivity contribution is 5.79. The summed E-state index contributed by atoms with van der Waals surface area (Å²) in [6.07, 6.45) is 1.82. The molecule has 0 saturated carbocycles. The molecule has 0 spiro atoms. The standard InChI is InChI=1S/C25H26N4O3/c1-17-4-2-5-19(12-17)21-8-10-24(28-27-21)29-11-3-6-20(15-29)25(30)26-14-18-7-9-22-23(13-18)32-16-31-22/h2,4-5,7-10,12-13,20H,3,6,11,14-16H2,1H3,(H,26,30)/t20-/m0/s1. The van der Waals surface area contributed by atoms with Crippen molar-refractivity contribution in [2.24, 2.45) is 5.92 Å². The van der Waals surface area contributed by atoms with E-state index in [9.17, 15) is 4.79 Å². The van der Waals surface area contributed by atoms with Crippen molar-refractivity contribution in [1.82, 2.24) is 15.5 Å². The van der Waals surface area contributed by atoms with Crippen molar-refractivity contribution in [2.75, 3.05) is 24.8 Å². The molecule has 1 aromatic heterocycles. The Morgan fingerprint density at radius 3 is 2.84 bits per heavy atom. The number of benzene rings is 2. The zero-order valence-electron chi connectivity index (χ0n) is 18.1. The zero-order chi connectivity index (χ0) is 21.9. The molecule has 2 aliphatic heterocycles. The van der Waals surface area contributed by atoms with Gasteiger partial charge in [-0.25, -0.2) is 0 Å². The monoisotopic (exact) mass is 430 g/mol. The van der Waals surface area contributed by atoms with E-state index in [2.05, 4.69) is 39.5 Å². The Bertz CT molecular complexity index is 1120. The molecule has 2 aliphatic rings. The lowest BCUT2D eigenvalue weighted by Crippen LogP contribution is -2.43. The highest BCUT2D eigenvalue weighted by Gasteiger charge is 2.26. The Hall–Kier alpha value is -3.61. The fourth-order valence-electron chi connectivity index (χ4n) is 4.24. The van der Waals surface area contributed by atoms with Crippen molar-refractivity contribution in [3.05, 3.63) is 65.7 Å². The number of fused-ring (bicyclic) bond motifs is 1. The van der Waals surface area contributed by atoms with Crippen molar-refractivity contribution in [3.63, 3.8) is 0 Å². The number of carbonyl (C=O) groups excluding carboxylic acids is 1. The average molecular weight is 431 g/mol. The van der Waals surface area contributed by atoms with Crippen LogP contribution < -0.4 is 19.7 Å². The summed E-state index contributed by atoms with van der Waals surface area (Å²) < 4.78 is 10.8. The summed E-state index contributed by atoms with van der Waals surface area (Å²) in [4.78, 5) is 15.0. The minimum atomic E-state index is -0.0731. The highest BCUT2D eigenvalue weighted by Crippen LogP contribution is 2.32. The molecular formula is C25H26N4O3. The molecule has 1 atom stereocenters. The van der Waals surface area contributed by atoms with Gasteiger partial charge >= 0.3 is 0 Å². The first-order valence-electron chi connectivity index (χ1n) is 11.0. The molecule has 1 fully saturated rings. The van der Waals surface area contributed by atoms with Gasteiger partial charge in [0, 0.05) is 25.2 Å². The second-order valence-electron chi connectivity index (χ2n) is 8.34. The first-order valence-corrected chi connectivity index (χ1v) is 11.0. The predicted octanol–water partition coefficient (Wildman–Crippen LogP) is 3.71. The first-order chi connectivity index (χ1) is 15.7. The van der Waals surface area contributed by atoms with E-state index >= 15 is 0 Å². The van der Waals surface area contributed by atoms with Crippen LogP contribution in [0.4, 0.5) is 5.82 Å². The maximum absolute atomic E-state index is 12.8. The number of carbonyl (C=O) groups is 1. The number of piperidine rings is 1. The summed E-state index contributed by atoms with van der Waals surface area (Å²) in [5.74, 6) is 2.29. The number of aromatic nitrogens is 2. The highest BCUT2D eigenvalue weighted by atomic mass is 16.7. The van der Waals surface area contributed by atoms with E-state index in [4.69, 9.17) is 9.47 Å². The van der Waals surface area contributed by atoms with Crippen LogP contribution in [0.15, 0.2) is 54.6 Å². The maximum atomic E-state index is 12.8. The first kappa shape index (κ1) is 20.3. The molecule has 1 amide bonds. The van der Waals surface area contributed by atoms with Crippen LogP contribution in [0.3, 0.4) is 0 Å². The van der Waals surface area contributed by atoms with Gasteiger partial charge in [-0.3, -0.25) is 4.79 Å². The molecule has 0 radical (unpaired) electrons. The number of nitrogens with one attached hydrogen (secondary N) is 1. The molecule has 7 nitrogen and oxygen atoms in total. The van der Waals surface area contributed by atoms with Crippen LogP contribution in [-0.2, 0) is 11.3 Å². The van der Waals surface area contributed by atoms with Gasteiger partial charge in [0.2, 0.25) is 12.7 Å². The summed E-state index contributed by atoms with van der Waals surface area (Å²) in [6.45, 7) is 4.31. The van der Waals surface area contributed by atoms with Gasteiger partial charge in [-0.1, -0.05) is 29.8 Å². The van der Waals surface area contributed by atoms with E-state index in [1.54, 1.807) is 0 Å². The normalized spacial score (nSPS) is 17.3. The van der Waals surface area contributed by atoms with Crippen LogP contribution in [0.5, 0.6) is 11.5 Å². The number of ether oxygens (including phenoxy) is 2. The topological polar surface area (TPSA) is 76.6 Å². The molecule has 0 aliphatic carbocycles. The van der Waals surface area contributed by atoms with Gasteiger partial charge in [0.25, 0.3) is 0 Å². The molecule has 1 saturated heterocycles. The summed E-state index contributed by atoms with van der Waals surface area (Å²) in [6, 6.07) is 18.0. The molecule has 32 heavy (non-hydrogen) atoms. The Morgan fingerprint density at radius 1 is 1.09 bits per heavy atom. The summed E-state index contributed by atoms with van der Waals surface area (Å²) >= 11 is 0. The van der Waals surface area contributed by atoms with Crippen LogP contribution in [0.2, 0.25) is 0 Å². The molecule has 0 bridgehead atoms. The number of hydrogen-bond donors (Lipinski definition) is 1. The van der Waals surface area contributed by atoms with Crippen LogP contribution in [0.1, 0.15) is 24.0 Å². The Balaban J connectivity index is 1.20. The summed E-state index contributed by atoms with van der Waals surface area (Å²) in [5, 5.41) is 11.9. The Kier molecular flexibility index (Phi) is 5.62. The van der Waals surface area contributed by atoms with E-state index in [-0.39, 0.29) is 18.6 Å². The van der Waals surface area contributed by atoms with Crippen molar-refractivity contribution in [2.45, 2.75) is 26.3 Å². The van der Waals surface area contributed by atoms with Gasteiger partial charge < -0.3 is 19.7 Å². The van der Waals surface area contributed by atoms with E-state index in [1.807, 2.05) is 42.5 Å². The molecule has 0 unspecified atom stereocenters. The largest absolute Gasteiger partial charge is 0.454 e. The lowest BCUT2D eigenvalue weighted by molar-refractivity contribution is -0.125. The van der Waals surface area contributed by atoms with Crippen molar-refractivity contribution in [3.8, 4) is 22.8 Å². The van der Waals surface area contributed by atoms with E-state index in [1.165, 1.54) is 5.56 Å². The second kappa shape index (κ2) is 8.86.